The Hall–Kier alpha value is -1.33. The van der Waals surface area contributed by atoms with E-state index in [1.807, 2.05) is 0 Å². The molecule has 6 heteroatoms. The number of rotatable bonds is 6. The molecule has 0 aromatic carbocycles. The Balaban J connectivity index is 1.92. The lowest BCUT2D eigenvalue weighted by atomic mass is 10.0. The lowest BCUT2D eigenvalue weighted by Gasteiger charge is -2.22. The highest BCUT2D eigenvalue weighted by atomic mass is 35.5. The number of carbonyl (C=O) groups excluding carboxylic acids is 1. The summed E-state index contributed by atoms with van der Waals surface area (Å²) in [6.45, 7) is 5.05. The van der Waals surface area contributed by atoms with Crippen LogP contribution in [0.1, 0.15) is 36.5 Å². The molecule has 0 radical (unpaired) electrons. The van der Waals surface area contributed by atoms with Gasteiger partial charge in [-0.25, -0.2) is 4.98 Å². The van der Waals surface area contributed by atoms with Crippen LogP contribution >= 0.6 is 11.6 Å². The SMILES string of the molecule is CCCNc1cc(C(=O)NCC2CCCOC2)cc(Cl)n1. The number of aromatic nitrogens is 1. The molecule has 0 aliphatic carbocycles. The Morgan fingerprint density at radius 3 is 3.10 bits per heavy atom. The fourth-order valence-corrected chi connectivity index (χ4v) is 2.49. The van der Waals surface area contributed by atoms with E-state index < -0.39 is 0 Å². The molecule has 1 aromatic rings. The van der Waals surface area contributed by atoms with Gasteiger partial charge in [-0.05, 0) is 37.3 Å². The minimum atomic E-state index is -0.121. The van der Waals surface area contributed by atoms with Gasteiger partial charge < -0.3 is 15.4 Å². The van der Waals surface area contributed by atoms with Gasteiger partial charge in [-0.3, -0.25) is 4.79 Å². The molecule has 116 valence electrons. The van der Waals surface area contributed by atoms with Crippen LogP contribution in [0.3, 0.4) is 0 Å². The maximum Gasteiger partial charge on any atom is 0.251 e. The van der Waals surface area contributed by atoms with Crippen molar-refractivity contribution in [2.45, 2.75) is 26.2 Å². The van der Waals surface area contributed by atoms with Crippen LogP contribution in [0.2, 0.25) is 5.15 Å². The van der Waals surface area contributed by atoms with Gasteiger partial charge in [-0.2, -0.15) is 0 Å². The van der Waals surface area contributed by atoms with Crippen LogP contribution in [0.4, 0.5) is 5.82 Å². The lowest BCUT2D eigenvalue weighted by molar-refractivity contribution is 0.0536. The molecule has 1 saturated heterocycles. The highest BCUT2D eigenvalue weighted by Gasteiger charge is 2.16. The summed E-state index contributed by atoms with van der Waals surface area (Å²) in [6, 6.07) is 3.32. The Labute approximate surface area is 130 Å². The Morgan fingerprint density at radius 2 is 2.38 bits per heavy atom. The predicted octanol–water partition coefficient (Wildman–Crippen LogP) is 2.71. The quantitative estimate of drug-likeness (QED) is 0.793. The molecule has 2 heterocycles. The molecule has 1 aliphatic rings. The van der Waals surface area contributed by atoms with E-state index in [0.717, 1.165) is 39.0 Å². The monoisotopic (exact) mass is 311 g/mol. The second-order valence-corrected chi connectivity index (χ2v) is 5.67. The van der Waals surface area contributed by atoms with Crippen LogP contribution in [-0.2, 0) is 4.74 Å². The van der Waals surface area contributed by atoms with Gasteiger partial charge in [0.25, 0.3) is 5.91 Å². The highest BCUT2D eigenvalue weighted by molar-refractivity contribution is 6.29. The van der Waals surface area contributed by atoms with Crippen LogP contribution in [0, 0.1) is 5.92 Å². The average molecular weight is 312 g/mol. The number of anilines is 1. The average Bonchev–Trinajstić information content (AvgIpc) is 2.51. The molecule has 1 atom stereocenters. The van der Waals surface area contributed by atoms with Gasteiger partial charge in [0.1, 0.15) is 11.0 Å². The van der Waals surface area contributed by atoms with Crippen molar-refractivity contribution in [2.24, 2.45) is 5.92 Å². The fourth-order valence-electron chi connectivity index (χ4n) is 2.28. The molecule has 0 bridgehead atoms. The summed E-state index contributed by atoms with van der Waals surface area (Å²) in [5.74, 6) is 0.914. The number of hydrogen-bond acceptors (Lipinski definition) is 4. The number of hydrogen-bond donors (Lipinski definition) is 2. The minimum Gasteiger partial charge on any atom is -0.381 e. The zero-order valence-electron chi connectivity index (χ0n) is 12.3. The molecular formula is C15H22ClN3O2. The summed E-state index contributed by atoms with van der Waals surface area (Å²) in [7, 11) is 0. The van der Waals surface area contributed by atoms with Crippen molar-refractivity contribution in [1.29, 1.82) is 0 Å². The second-order valence-electron chi connectivity index (χ2n) is 5.28. The van der Waals surface area contributed by atoms with Gasteiger partial charge in [0.2, 0.25) is 0 Å². The summed E-state index contributed by atoms with van der Waals surface area (Å²) in [5, 5.41) is 6.41. The summed E-state index contributed by atoms with van der Waals surface area (Å²) < 4.78 is 5.41. The van der Waals surface area contributed by atoms with E-state index in [-0.39, 0.29) is 5.91 Å². The largest absolute Gasteiger partial charge is 0.381 e. The molecule has 1 amide bonds. The van der Waals surface area contributed by atoms with Gasteiger partial charge in [0, 0.05) is 25.3 Å². The fraction of sp³-hybridized carbons (Fsp3) is 0.600. The minimum absolute atomic E-state index is 0.121. The van der Waals surface area contributed by atoms with Gasteiger partial charge >= 0.3 is 0 Å². The van der Waals surface area contributed by atoms with Gasteiger partial charge in [-0.15, -0.1) is 0 Å². The summed E-state index contributed by atoms with van der Waals surface area (Å²) >= 11 is 5.97. The third-order valence-corrected chi connectivity index (χ3v) is 3.61. The molecule has 1 aromatic heterocycles. The Morgan fingerprint density at radius 1 is 1.52 bits per heavy atom. The van der Waals surface area contributed by atoms with E-state index in [2.05, 4.69) is 22.5 Å². The highest BCUT2D eigenvalue weighted by Crippen LogP contribution is 2.16. The van der Waals surface area contributed by atoms with Crippen LogP contribution in [0.5, 0.6) is 0 Å². The van der Waals surface area contributed by atoms with E-state index in [1.54, 1.807) is 12.1 Å². The number of nitrogens with one attached hydrogen (secondary N) is 2. The van der Waals surface area contributed by atoms with Crippen molar-refractivity contribution < 1.29 is 9.53 Å². The van der Waals surface area contributed by atoms with Gasteiger partial charge in [0.05, 0.1) is 6.61 Å². The number of ether oxygens (including phenoxy) is 1. The molecule has 1 aliphatic heterocycles. The van der Waals surface area contributed by atoms with Crippen molar-refractivity contribution in [3.8, 4) is 0 Å². The van der Waals surface area contributed by atoms with Gasteiger partial charge in [-0.1, -0.05) is 18.5 Å². The molecular weight excluding hydrogens is 290 g/mol. The number of amides is 1. The second kappa shape index (κ2) is 8.20. The van der Waals surface area contributed by atoms with E-state index >= 15 is 0 Å². The third-order valence-electron chi connectivity index (χ3n) is 3.42. The van der Waals surface area contributed by atoms with Crippen LogP contribution in [0.15, 0.2) is 12.1 Å². The van der Waals surface area contributed by atoms with E-state index in [9.17, 15) is 4.79 Å². The topological polar surface area (TPSA) is 63.2 Å². The summed E-state index contributed by atoms with van der Waals surface area (Å²) in [6.07, 6.45) is 3.14. The van der Waals surface area contributed by atoms with Crippen LogP contribution in [0.25, 0.3) is 0 Å². The molecule has 5 nitrogen and oxygen atoms in total. The van der Waals surface area contributed by atoms with Crippen molar-refractivity contribution in [3.05, 3.63) is 22.8 Å². The Bertz CT molecular complexity index is 476. The normalized spacial score (nSPS) is 18.3. The Kier molecular flexibility index (Phi) is 6.26. The zero-order chi connectivity index (χ0) is 15.1. The maximum absolute atomic E-state index is 12.2. The first-order chi connectivity index (χ1) is 10.2. The number of carbonyl (C=O) groups is 1. The van der Waals surface area contributed by atoms with Crippen LogP contribution in [-0.4, -0.2) is 37.2 Å². The number of halogens is 1. The third kappa shape index (κ3) is 5.17. The van der Waals surface area contributed by atoms with E-state index in [1.165, 1.54) is 0 Å². The summed E-state index contributed by atoms with van der Waals surface area (Å²) in [5.41, 5.74) is 0.533. The smallest absolute Gasteiger partial charge is 0.251 e. The zero-order valence-corrected chi connectivity index (χ0v) is 13.1. The standard InChI is InChI=1S/C15H22ClN3O2/c1-2-5-17-14-8-12(7-13(16)19-14)15(20)18-9-11-4-3-6-21-10-11/h7-8,11H,2-6,9-10H2,1H3,(H,17,19)(H,18,20). The summed E-state index contributed by atoms with van der Waals surface area (Å²) in [4.78, 5) is 16.4. The molecule has 0 saturated carbocycles. The van der Waals surface area contributed by atoms with Gasteiger partial charge in [0.15, 0.2) is 0 Å². The molecule has 1 unspecified atom stereocenters. The van der Waals surface area contributed by atoms with Crippen molar-refractivity contribution in [2.75, 3.05) is 31.6 Å². The number of pyridine rings is 1. The molecule has 2 rings (SSSR count). The van der Waals surface area contributed by atoms with Crippen molar-refractivity contribution in [3.63, 3.8) is 0 Å². The number of nitrogens with zero attached hydrogens (tertiary/aromatic N) is 1. The predicted molar refractivity (Wildman–Crippen MR) is 83.9 cm³/mol. The molecule has 21 heavy (non-hydrogen) atoms. The van der Waals surface area contributed by atoms with Crippen molar-refractivity contribution in [1.82, 2.24) is 10.3 Å². The maximum atomic E-state index is 12.2. The van der Waals surface area contributed by atoms with Crippen molar-refractivity contribution >= 4 is 23.3 Å². The first-order valence-electron chi connectivity index (χ1n) is 7.46. The van der Waals surface area contributed by atoms with Crippen LogP contribution < -0.4 is 10.6 Å². The van der Waals surface area contributed by atoms with E-state index in [4.69, 9.17) is 16.3 Å². The van der Waals surface area contributed by atoms with E-state index in [0.29, 0.717) is 29.0 Å². The molecule has 2 N–H and O–H groups in total. The molecule has 1 fully saturated rings. The molecule has 0 spiro atoms. The first kappa shape index (κ1) is 16.0. The first-order valence-corrected chi connectivity index (χ1v) is 7.84. The lowest BCUT2D eigenvalue weighted by Crippen LogP contribution is -2.33.